The van der Waals surface area contributed by atoms with E-state index in [4.69, 9.17) is 10.5 Å². The average Bonchev–Trinajstić information content (AvgIpc) is 2.13. The first-order chi connectivity index (χ1) is 6.18. The molecule has 3 unspecified atom stereocenters. The summed E-state index contributed by atoms with van der Waals surface area (Å²) in [6.07, 6.45) is 2.20. The van der Waals surface area contributed by atoms with Crippen LogP contribution in [0, 0.1) is 0 Å². The maximum absolute atomic E-state index is 11.3. The normalized spacial score (nSPS) is 40.3. The lowest BCUT2D eigenvalue weighted by molar-refractivity contribution is -0.149. The molecule has 2 aliphatic rings. The molecule has 1 amide bonds. The van der Waals surface area contributed by atoms with Gasteiger partial charge in [-0.05, 0) is 19.8 Å². The highest BCUT2D eigenvalue weighted by atomic mass is 16.5. The number of ether oxygens (including phenoxy) is 1. The highest BCUT2D eigenvalue weighted by Gasteiger charge is 2.39. The molecular formula is C9H16N2O2. The quantitative estimate of drug-likeness (QED) is 0.570. The van der Waals surface area contributed by atoms with Crippen molar-refractivity contribution < 1.29 is 9.53 Å². The minimum atomic E-state index is -0.238. The van der Waals surface area contributed by atoms with Gasteiger partial charge in [0.1, 0.15) is 6.04 Å². The molecule has 0 saturated carbocycles. The Bertz CT molecular complexity index is 220. The summed E-state index contributed by atoms with van der Waals surface area (Å²) in [5.41, 5.74) is 5.53. The van der Waals surface area contributed by atoms with Crippen LogP contribution >= 0.6 is 0 Å². The van der Waals surface area contributed by atoms with Crippen molar-refractivity contribution in [3.05, 3.63) is 0 Å². The molecule has 4 heteroatoms. The SMILES string of the molecule is CC1CC(N2CC(N)C2=O)CCO1. The number of nitrogens with two attached hydrogens (primary N) is 1. The third kappa shape index (κ3) is 1.56. The molecule has 0 spiro atoms. The molecule has 0 radical (unpaired) electrons. The Hall–Kier alpha value is -0.610. The molecular weight excluding hydrogens is 168 g/mol. The number of carbonyl (C=O) groups excluding carboxylic acids is 1. The van der Waals surface area contributed by atoms with Crippen LogP contribution in [0.4, 0.5) is 0 Å². The third-order valence-electron chi connectivity index (χ3n) is 2.89. The second-order valence-corrected chi connectivity index (χ2v) is 3.96. The first kappa shape index (κ1) is 8.97. The van der Waals surface area contributed by atoms with E-state index in [0.29, 0.717) is 6.04 Å². The lowest BCUT2D eigenvalue weighted by Crippen LogP contribution is -2.65. The van der Waals surface area contributed by atoms with Gasteiger partial charge in [0.2, 0.25) is 5.91 Å². The van der Waals surface area contributed by atoms with E-state index in [1.807, 2.05) is 4.90 Å². The maximum Gasteiger partial charge on any atom is 0.241 e. The summed E-state index contributed by atoms with van der Waals surface area (Å²) in [7, 11) is 0. The Labute approximate surface area is 78.0 Å². The van der Waals surface area contributed by atoms with Crippen molar-refractivity contribution in [3.63, 3.8) is 0 Å². The zero-order valence-electron chi connectivity index (χ0n) is 7.90. The number of β-lactam (4-membered cyclic amide) rings is 1. The predicted octanol–water partition coefficient (Wildman–Crippen LogP) is -0.277. The van der Waals surface area contributed by atoms with Gasteiger partial charge in [-0.25, -0.2) is 0 Å². The number of nitrogens with zero attached hydrogens (tertiary/aromatic N) is 1. The van der Waals surface area contributed by atoms with Crippen molar-refractivity contribution in [1.29, 1.82) is 0 Å². The van der Waals surface area contributed by atoms with Crippen LogP contribution in [-0.4, -0.2) is 42.1 Å². The molecule has 2 aliphatic heterocycles. The van der Waals surface area contributed by atoms with Gasteiger partial charge in [-0.3, -0.25) is 4.79 Å². The zero-order chi connectivity index (χ0) is 9.42. The molecule has 0 bridgehead atoms. The largest absolute Gasteiger partial charge is 0.378 e. The van der Waals surface area contributed by atoms with Gasteiger partial charge in [0.15, 0.2) is 0 Å². The molecule has 74 valence electrons. The molecule has 3 atom stereocenters. The maximum atomic E-state index is 11.3. The summed E-state index contributed by atoms with van der Waals surface area (Å²) in [4.78, 5) is 13.2. The number of hydrogen-bond acceptors (Lipinski definition) is 3. The fourth-order valence-electron chi connectivity index (χ4n) is 2.07. The van der Waals surface area contributed by atoms with E-state index in [0.717, 1.165) is 26.0 Å². The number of rotatable bonds is 1. The molecule has 0 aliphatic carbocycles. The van der Waals surface area contributed by atoms with E-state index >= 15 is 0 Å². The standard InChI is InChI=1S/C9H16N2O2/c1-6-4-7(2-3-13-6)11-5-8(10)9(11)12/h6-8H,2-5,10H2,1H3. The lowest BCUT2D eigenvalue weighted by Gasteiger charge is -2.44. The van der Waals surface area contributed by atoms with E-state index < -0.39 is 0 Å². The van der Waals surface area contributed by atoms with Crippen molar-refractivity contribution in [1.82, 2.24) is 4.90 Å². The van der Waals surface area contributed by atoms with Crippen molar-refractivity contribution in [2.75, 3.05) is 13.2 Å². The summed E-state index contributed by atoms with van der Waals surface area (Å²) < 4.78 is 5.42. The van der Waals surface area contributed by atoms with E-state index in [-0.39, 0.29) is 18.1 Å². The fourth-order valence-corrected chi connectivity index (χ4v) is 2.07. The highest BCUT2D eigenvalue weighted by molar-refractivity contribution is 5.87. The molecule has 0 aromatic rings. The van der Waals surface area contributed by atoms with Crippen LogP contribution in [-0.2, 0) is 9.53 Å². The molecule has 2 N–H and O–H groups in total. The Balaban J connectivity index is 1.90. The van der Waals surface area contributed by atoms with Gasteiger partial charge >= 0.3 is 0 Å². The van der Waals surface area contributed by atoms with E-state index in [1.54, 1.807) is 0 Å². The van der Waals surface area contributed by atoms with Crippen LogP contribution < -0.4 is 5.73 Å². The van der Waals surface area contributed by atoms with Gasteiger partial charge in [-0.1, -0.05) is 0 Å². The molecule has 2 rings (SSSR count). The summed E-state index contributed by atoms with van der Waals surface area (Å²) in [5, 5.41) is 0. The van der Waals surface area contributed by atoms with Crippen molar-refractivity contribution >= 4 is 5.91 Å². The topological polar surface area (TPSA) is 55.6 Å². The average molecular weight is 184 g/mol. The number of carbonyl (C=O) groups is 1. The first-order valence-electron chi connectivity index (χ1n) is 4.86. The van der Waals surface area contributed by atoms with Gasteiger partial charge in [0, 0.05) is 19.2 Å². The first-order valence-corrected chi connectivity index (χ1v) is 4.86. The molecule has 2 saturated heterocycles. The van der Waals surface area contributed by atoms with Gasteiger partial charge in [0.25, 0.3) is 0 Å². The molecule has 0 aromatic carbocycles. The van der Waals surface area contributed by atoms with Crippen LogP contribution in [0.15, 0.2) is 0 Å². The third-order valence-corrected chi connectivity index (χ3v) is 2.89. The summed E-state index contributed by atoms with van der Waals surface area (Å²) >= 11 is 0. The van der Waals surface area contributed by atoms with Crippen molar-refractivity contribution in [2.24, 2.45) is 5.73 Å². The Morgan fingerprint density at radius 3 is 2.92 bits per heavy atom. The van der Waals surface area contributed by atoms with Gasteiger partial charge in [-0.15, -0.1) is 0 Å². The molecule has 2 fully saturated rings. The fraction of sp³-hybridized carbons (Fsp3) is 0.889. The van der Waals surface area contributed by atoms with Crippen molar-refractivity contribution in [3.8, 4) is 0 Å². The molecule has 13 heavy (non-hydrogen) atoms. The highest BCUT2D eigenvalue weighted by Crippen LogP contribution is 2.23. The monoisotopic (exact) mass is 184 g/mol. The zero-order valence-corrected chi connectivity index (χ0v) is 7.90. The Morgan fingerprint density at radius 2 is 2.38 bits per heavy atom. The molecule has 0 aromatic heterocycles. The van der Waals surface area contributed by atoms with E-state index in [1.165, 1.54) is 0 Å². The Morgan fingerprint density at radius 1 is 1.62 bits per heavy atom. The predicted molar refractivity (Wildman–Crippen MR) is 48.1 cm³/mol. The van der Waals surface area contributed by atoms with Gasteiger partial charge in [-0.2, -0.15) is 0 Å². The number of hydrogen-bond donors (Lipinski definition) is 1. The minimum Gasteiger partial charge on any atom is -0.378 e. The summed E-state index contributed by atoms with van der Waals surface area (Å²) in [6, 6.07) is 0.134. The van der Waals surface area contributed by atoms with Crippen LogP contribution in [0.3, 0.4) is 0 Å². The summed E-state index contributed by atoms with van der Waals surface area (Å²) in [5.74, 6) is 0.110. The van der Waals surface area contributed by atoms with E-state index in [2.05, 4.69) is 6.92 Å². The van der Waals surface area contributed by atoms with Gasteiger partial charge < -0.3 is 15.4 Å². The van der Waals surface area contributed by atoms with Crippen LogP contribution in [0.25, 0.3) is 0 Å². The summed E-state index contributed by atoms with van der Waals surface area (Å²) in [6.45, 7) is 3.55. The minimum absolute atomic E-state index is 0.110. The smallest absolute Gasteiger partial charge is 0.241 e. The Kier molecular flexibility index (Phi) is 2.26. The van der Waals surface area contributed by atoms with Crippen LogP contribution in [0.1, 0.15) is 19.8 Å². The number of amides is 1. The van der Waals surface area contributed by atoms with E-state index in [9.17, 15) is 4.79 Å². The van der Waals surface area contributed by atoms with Crippen LogP contribution in [0.5, 0.6) is 0 Å². The van der Waals surface area contributed by atoms with Gasteiger partial charge in [0.05, 0.1) is 6.10 Å². The number of likely N-dealkylation sites (tertiary alicyclic amines) is 1. The molecule has 2 heterocycles. The lowest BCUT2D eigenvalue weighted by atomic mass is 9.97. The second-order valence-electron chi connectivity index (χ2n) is 3.96. The van der Waals surface area contributed by atoms with Crippen LogP contribution in [0.2, 0.25) is 0 Å². The van der Waals surface area contributed by atoms with Crippen molar-refractivity contribution in [2.45, 2.75) is 38.0 Å². The second kappa shape index (κ2) is 3.27. The molecule has 4 nitrogen and oxygen atoms in total.